The standard InChI is InChI=1S/C20H21N3O3/c1-3-4-5-13-6-7-16-15(12-13)18(24)17(20(26)23(16)2)19(25)22-14-8-10-21-11-9-14/h6-12,24H,3-5H2,1-2H3,(H,21,22,25). The average Bonchev–Trinajstić information content (AvgIpc) is 2.65. The number of nitrogens with one attached hydrogen (secondary N) is 1. The molecule has 6 nitrogen and oxygen atoms in total. The van der Waals surface area contributed by atoms with Crippen LogP contribution in [0.1, 0.15) is 35.7 Å². The Balaban J connectivity index is 2.09. The summed E-state index contributed by atoms with van der Waals surface area (Å²) in [5.74, 6) is -0.928. The molecule has 0 bridgehead atoms. The number of unbranched alkanes of at least 4 members (excludes halogenated alkanes) is 1. The van der Waals surface area contributed by atoms with Crippen LogP contribution in [-0.4, -0.2) is 20.6 Å². The van der Waals surface area contributed by atoms with Gasteiger partial charge in [0.15, 0.2) is 0 Å². The van der Waals surface area contributed by atoms with Crippen molar-refractivity contribution in [2.24, 2.45) is 7.05 Å². The van der Waals surface area contributed by atoms with Crippen LogP contribution >= 0.6 is 0 Å². The van der Waals surface area contributed by atoms with E-state index in [4.69, 9.17) is 0 Å². The molecule has 2 aromatic heterocycles. The van der Waals surface area contributed by atoms with E-state index in [0.29, 0.717) is 16.6 Å². The lowest BCUT2D eigenvalue weighted by Gasteiger charge is -2.13. The van der Waals surface area contributed by atoms with Gasteiger partial charge in [0, 0.05) is 30.5 Å². The number of carbonyl (C=O) groups excluding carboxylic acids is 1. The number of fused-ring (bicyclic) bond motifs is 1. The van der Waals surface area contributed by atoms with Gasteiger partial charge in [-0.2, -0.15) is 0 Å². The quantitative estimate of drug-likeness (QED) is 0.739. The number of amides is 1. The van der Waals surface area contributed by atoms with E-state index in [1.165, 1.54) is 17.0 Å². The van der Waals surface area contributed by atoms with Crippen molar-refractivity contribution in [3.63, 3.8) is 0 Å². The maximum absolute atomic E-state index is 12.6. The van der Waals surface area contributed by atoms with Gasteiger partial charge in [-0.1, -0.05) is 19.4 Å². The first-order valence-corrected chi connectivity index (χ1v) is 8.59. The summed E-state index contributed by atoms with van der Waals surface area (Å²) in [6.07, 6.45) is 6.06. The Morgan fingerprint density at radius 2 is 1.96 bits per heavy atom. The Kier molecular flexibility index (Phi) is 5.02. The van der Waals surface area contributed by atoms with Gasteiger partial charge in [0.25, 0.3) is 11.5 Å². The van der Waals surface area contributed by atoms with Gasteiger partial charge in [-0.25, -0.2) is 0 Å². The Morgan fingerprint density at radius 1 is 1.23 bits per heavy atom. The van der Waals surface area contributed by atoms with Crippen LogP contribution in [0.5, 0.6) is 5.75 Å². The fraction of sp³-hybridized carbons (Fsp3) is 0.250. The Morgan fingerprint density at radius 3 is 2.65 bits per heavy atom. The highest BCUT2D eigenvalue weighted by atomic mass is 16.3. The summed E-state index contributed by atoms with van der Waals surface area (Å²) in [6, 6.07) is 8.84. The molecule has 1 aromatic carbocycles. The molecule has 0 saturated heterocycles. The van der Waals surface area contributed by atoms with Crippen molar-refractivity contribution in [1.29, 1.82) is 0 Å². The molecule has 0 fully saturated rings. The van der Waals surface area contributed by atoms with Crippen molar-refractivity contribution in [2.45, 2.75) is 26.2 Å². The molecule has 2 N–H and O–H groups in total. The first-order chi connectivity index (χ1) is 12.5. The minimum Gasteiger partial charge on any atom is -0.506 e. The first kappa shape index (κ1) is 17.7. The molecule has 0 aliphatic rings. The van der Waals surface area contributed by atoms with E-state index in [0.717, 1.165) is 24.8 Å². The number of hydrogen-bond acceptors (Lipinski definition) is 4. The zero-order chi connectivity index (χ0) is 18.7. The minimum absolute atomic E-state index is 0.260. The predicted molar refractivity (Wildman–Crippen MR) is 102 cm³/mol. The molecule has 0 saturated carbocycles. The van der Waals surface area contributed by atoms with E-state index >= 15 is 0 Å². The van der Waals surface area contributed by atoms with E-state index < -0.39 is 11.5 Å². The maximum Gasteiger partial charge on any atom is 0.267 e. The van der Waals surface area contributed by atoms with Crippen LogP contribution in [0, 0.1) is 0 Å². The molecule has 0 unspecified atom stereocenters. The molecule has 26 heavy (non-hydrogen) atoms. The third-order valence-electron chi connectivity index (χ3n) is 4.42. The number of aromatic hydroxyl groups is 1. The number of anilines is 1. The van der Waals surface area contributed by atoms with E-state index in [1.807, 2.05) is 18.2 Å². The van der Waals surface area contributed by atoms with Crippen molar-refractivity contribution < 1.29 is 9.90 Å². The van der Waals surface area contributed by atoms with Crippen molar-refractivity contribution >= 4 is 22.5 Å². The van der Waals surface area contributed by atoms with E-state index in [2.05, 4.69) is 17.2 Å². The largest absolute Gasteiger partial charge is 0.506 e. The van der Waals surface area contributed by atoms with Crippen molar-refractivity contribution in [3.8, 4) is 5.75 Å². The van der Waals surface area contributed by atoms with Crippen LogP contribution in [0.3, 0.4) is 0 Å². The van der Waals surface area contributed by atoms with E-state index in [9.17, 15) is 14.7 Å². The Bertz CT molecular complexity index is 1010. The van der Waals surface area contributed by atoms with E-state index in [1.54, 1.807) is 19.2 Å². The summed E-state index contributed by atoms with van der Waals surface area (Å²) in [5.41, 5.74) is 1.36. The minimum atomic E-state index is -0.643. The highest BCUT2D eigenvalue weighted by Crippen LogP contribution is 2.28. The lowest BCUT2D eigenvalue weighted by molar-refractivity contribution is 0.102. The number of benzene rings is 1. The van der Waals surface area contributed by atoms with Crippen LogP contribution in [-0.2, 0) is 13.5 Å². The monoisotopic (exact) mass is 351 g/mol. The summed E-state index contributed by atoms with van der Waals surface area (Å²) in [7, 11) is 1.60. The molecule has 0 atom stereocenters. The molecule has 0 radical (unpaired) electrons. The molecule has 0 aliphatic carbocycles. The molecule has 2 heterocycles. The topological polar surface area (TPSA) is 84.2 Å². The molecule has 3 aromatic rings. The SMILES string of the molecule is CCCCc1ccc2c(c1)c(O)c(C(=O)Nc1ccncc1)c(=O)n2C. The average molecular weight is 351 g/mol. The zero-order valence-electron chi connectivity index (χ0n) is 14.8. The fourth-order valence-electron chi connectivity index (χ4n) is 2.95. The fourth-order valence-corrected chi connectivity index (χ4v) is 2.95. The van der Waals surface area contributed by atoms with Gasteiger partial charge < -0.3 is 15.0 Å². The third-order valence-corrected chi connectivity index (χ3v) is 4.42. The van der Waals surface area contributed by atoms with Crippen LogP contribution in [0.2, 0.25) is 0 Å². The van der Waals surface area contributed by atoms with Gasteiger partial charge in [-0.3, -0.25) is 14.6 Å². The maximum atomic E-state index is 12.6. The number of carbonyl (C=O) groups is 1. The second-order valence-electron chi connectivity index (χ2n) is 6.23. The van der Waals surface area contributed by atoms with E-state index in [-0.39, 0.29) is 11.3 Å². The molecule has 0 spiro atoms. The lowest BCUT2D eigenvalue weighted by Crippen LogP contribution is -2.28. The molecule has 0 aliphatic heterocycles. The molecule has 6 heteroatoms. The van der Waals surface area contributed by atoms with Crippen molar-refractivity contribution in [2.75, 3.05) is 5.32 Å². The zero-order valence-corrected chi connectivity index (χ0v) is 14.8. The van der Waals surface area contributed by atoms with Gasteiger partial charge in [0.05, 0.1) is 5.52 Å². The van der Waals surface area contributed by atoms with Gasteiger partial charge in [0.1, 0.15) is 11.3 Å². The van der Waals surface area contributed by atoms with Crippen molar-refractivity contribution in [3.05, 3.63) is 64.2 Å². The number of pyridine rings is 2. The third kappa shape index (κ3) is 3.31. The number of hydrogen-bond donors (Lipinski definition) is 2. The van der Waals surface area contributed by atoms with Crippen LogP contribution in [0.15, 0.2) is 47.5 Å². The Labute approximate surface area is 151 Å². The first-order valence-electron chi connectivity index (χ1n) is 8.59. The second kappa shape index (κ2) is 7.39. The number of rotatable bonds is 5. The van der Waals surface area contributed by atoms with Gasteiger partial charge in [-0.05, 0) is 42.7 Å². The normalized spacial score (nSPS) is 10.8. The summed E-state index contributed by atoms with van der Waals surface area (Å²) in [5, 5.41) is 13.8. The number of aromatic nitrogens is 2. The van der Waals surface area contributed by atoms with Gasteiger partial charge in [-0.15, -0.1) is 0 Å². The summed E-state index contributed by atoms with van der Waals surface area (Å²) in [6.45, 7) is 2.11. The molecular formula is C20H21N3O3. The molecule has 134 valence electrons. The molecular weight excluding hydrogens is 330 g/mol. The van der Waals surface area contributed by atoms with Crippen LogP contribution < -0.4 is 10.9 Å². The second-order valence-corrected chi connectivity index (χ2v) is 6.23. The number of aryl methyl sites for hydroxylation is 2. The Hall–Kier alpha value is -3.15. The molecule has 3 rings (SSSR count). The van der Waals surface area contributed by atoms with Crippen molar-refractivity contribution in [1.82, 2.24) is 9.55 Å². The van der Waals surface area contributed by atoms with Crippen LogP contribution in [0.25, 0.3) is 10.9 Å². The van der Waals surface area contributed by atoms with Gasteiger partial charge >= 0.3 is 0 Å². The molecule has 1 amide bonds. The summed E-state index contributed by atoms with van der Waals surface area (Å²) >= 11 is 0. The summed E-state index contributed by atoms with van der Waals surface area (Å²) < 4.78 is 1.39. The highest BCUT2D eigenvalue weighted by Gasteiger charge is 2.21. The summed E-state index contributed by atoms with van der Waals surface area (Å²) in [4.78, 5) is 29.1. The van der Waals surface area contributed by atoms with Crippen LogP contribution in [0.4, 0.5) is 5.69 Å². The lowest BCUT2D eigenvalue weighted by atomic mass is 10.0. The van der Waals surface area contributed by atoms with Gasteiger partial charge in [0.2, 0.25) is 0 Å². The predicted octanol–water partition coefficient (Wildman–Crippen LogP) is 3.23. The number of nitrogens with zero attached hydrogens (tertiary/aromatic N) is 2. The smallest absolute Gasteiger partial charge is 0.267 e. The highest BCUT2D eigenvalue weighted by molar-refractivity contribution is 6.09.